The summed E-state index contributed by atoms with van der Waals surface area (Å²) in [5, 5.41) is 0. The van der Waals surface area contributed by atoms with Crippen LogP contribution in [-0.2, 0) is 14.2 Å². The number of hydrogen-bond acceptors (Lipinski definition) is 4. The third-order valence-electron chi connectivity index (χ3n) is 4.77. The van der Waals surface area contributed by atoms with Crippen molar-refractivity contribution in [1.29, 1.82) is 0 Å². The van der Waals surface area contributed by atoms with Gasteiger partial charge in [-0.2, -0.15) is 0 Å². The van der Waals surface area contributed by atoms with Crippen LogP contribution in [0.1, 0.15) is 38.5 Å². The Morgan fingerprint density at radius 2 is 2.17 bits per heavy atom. The summed E-state index contributed by atoms with van der Waals surface area (Å²) in [4.78, 5) is 0. The van der Waals surface area contributed by atoms with Crippen LogP contribution in [0.15, 0.2) is 0 Å². The summed E-state index contributed by atoms with van der Waals surface area (Å²) in [6.07, 6.45) is 7.47. The fourth-order valence-electron chi connectivity index (χ4n) is 3.66. The summed E-state index contributed by atoms with van der Waals surface area (Å²) in [6.45, 7) is 3.16. The second-order valence-corrected chi connectivity index (χ2v) is 6.05. The lowest BCUT2D eigenvalue weighted by Crippen LogP contribution is -2.44. The predicted octanol–water partition coefficient (Wildman–Crippen LogP) is 1.47. The Bertz CT molecular complexity index is 278. The van der Waals surface area contributed by atoms with E-state index in [1.165, 1.54) is 19.3 Å². The Morgan fingerprint density at radius 3 is 2.94 bits per heavy atom. The molecule has 1 saturated carbocycles. The molecule has 0 aromatic rings. The molecule has 2 aliphatic heterocycles. The van der Waals surface area contributed by atoms with Crippen molar-refractivity contribution >= 4 is 0 Å². The van der Waals surface area contributed by atoms with Gasteiger partial charge in [0.05, 0.1) is 24.4 Å². The van der Waals surface area contributed by atoms with E-state index in [-0.39, 0.29) is 5.60 Å². The molecule has 0 radical (unpaired) electrons. The molecule has 3 aliphatic rings. The normalized spacial score (nSPS) is 44.8. The lowest BCUT2D eigenvalue weighted by atomic mass is 9.91. The van der Waals surface area contributed by atoms with E-state index in [1.54, 1.807) is 0 Å². The summed E-state index contributed by atoms with van der Waals surface area (Å²) in [7, 11) is 0. The van der Waals surface area contributed by atoms with E-state index < -0.39 is 0 Å². The van der Waals surface area contributed by atoms with Crippen LogP contribution < -0.4 is 5.73 Å². The highest BCUT2D eigenvalue weighted by Crippen LogP contribution is 2.36. The molecule has 0 bridgehead atoms. The molecule has 18 heavy (non-hydrogen) atoms. The van der Waals surface area contributed by atoms with Crippen LogP contribution in [0.5, 0.6) is 0 Å². The fourth-order valence-corrected chi connectivity index (χ4v) is 3.66. The molecule has 3 fully saturated rings. The zero-order valence-corrected chi connectivity index (χ0v) is 11.1. The second-order valence-electron chi connectivity index (χ2n) is 6.05. The van der Waals surface area contributed by atoms with Crippen molar-refractivity contribution in [3.05, 3.63) is 0 Å². The topological polar surface area (TPSA) is 53.7 Å². The van der Waals surface area contributed by atoms with Crippen LogP contribution in [0.2, 0.25) is 0 Å². The molecule has 0 amide bonds. The molecule has 4 unspecified atom stereocenters. The molecule has 4 nitrogen and oxygen atoms in total. The van der Waals surface area contributed by atoms with Crippen LogP contribution in [-0.4, -0.2) is 44.2 Å². The maximum atomic E-state index is 6.33. The van der Waals surface area contributed by atoms with Crippen molar-refractivity contribution in [1.82, 2.24) is 0 Å². The van der Waals surface area contributed by atoms with Gasteiger partial charge in [0, 0.05) is 26.1 Å². The predicted molar refractivity (Wildman–Crippen MR) is 68.4 cm³/mol. The monoisotopic (exact) mass is 255 g/mol. The largest absolute Gasteiger partial charge is 0.378 e. The molecule has 0 aromatic carbocycles. The van der Waals surface area contributed by atoms with Gasteiger partial charge in [-0.25, -0.2) is 0 Å². The maximum absolute atomic E-state index is 6.33. The van der Waals surface area contributed by atoms with Crippen molar-refractivity contribution in [3.8, 4) is 0 Å². The Labute approximate surface area is 109 Å². The number of nitrogens with two attached hydrogens (primary N) is 1. The third kappa shape index (κ3) is 2.57. The van der Waals surface area contributed by atoms with Gasteiger partial charge in [0.1, 0.15) is 0 Å². The summed E-state index contributed by atoms with van der Waals surface area (Å²) < 4.78 is 17.8. The summed E-state index contributed by atoms with van der Waals surface area (Å²) >= 11 is 0. The van der Waals surface area contributed by atoms with Gasteiger partial charge >= 0.3 is 0 Å². The van der Waals surface area contributed by atoms with E-state index in [4.69, 9.17) is 19.9 Å². The first-order chi connectivity index (χ1) is 8.81. The SMILES string of the molecule is NCC1CCCC1OC1CCOC2(CCOC2)C1. The Kier molecular flexibility index (Phi) is 3.89. The van der Waals surface area contributed by atoms with E-state index in [9.17, 15) is 0 Å². The van der Waals surface area contributed by atoms with E-state index >= 15 is 0 Å². The number of ether oxygens (including phenoxy) is 3. The summed E-state index contributed by atoms with van der Waals surface area (Å²) in [5.74, 6) is 0.573. The maximum Gasteiger partial charge on any atom is 0.0961 e. The van der Waals surface area contributed by atoms with E-state index in [1.807, 2.05) is 0 Å². The quantitative estimate of drug-likeness (QED) is 0.829. The van der Waals surface area contributed by atoms with E-state index in [0.717, 1.165) is 45.6 Å². The van der Waals surface area contributed by atoms with Crippen LogP contribution in [0.4, 0.5) is 0 Å². The first-order valence-corrected chi connectivity index (χ1v) is 7.39. The Morgan fingerprint density at radius 1 is 1.22 bits per heavy atom. The van der Waals surface area contributed by atoms with E-state index in [2.05, 4.69) is 0 Å². The van der Waals surface area contributed by atoms with Crippen molar-refractivity contribution in [2.75, 3.05) is 26.4 Å². The molecule has 2 heterocycles. The Balaban J connectivity index is 1.56. The van der Waals surface area contributed by atoms with Gasteiger partial charge in [0.2, 0.25) is 0 Å². The first-order valence-electron chi connectivity index (χ1n) is 7.39. The highest BCUT2D eigenvalue weighted by Gasteiger charge is 2.42. The smallest absolute Gasteiger partial charge is 0.0961 e. The zero-order valence-electron chi connectivity index (χ0n) is 11.1. The molecule has 2 N–H and O–H groups in total. The zero-order chi connectivity index (χ0) is 12.4. The number of hydrogen-bond donors (Lipinski definition) is 1. The van der Waals surface area contributed by atoms with Crippen LogP contribution >= 0.6 is 0 Å². The standard InChI is InChI=1S/C14H25NO3/c15-9-11-2-1-3-13(11)18-12-4-6-17-14(8-12)5-7-16-10-14/h11-13H,1-10,15H2. The van der Waals surface area contributed by atoms with Gasteiger partial charge in [-0.1, -0.05) is 6.42 Å². The van der Waals surface area contributed by atoms with Gasteiger partial charge in [-0.3, -0.25) is 0 Å². The molecule has 3 rings (SSSR count). The average molecular weight is 255 g/mol. The average Bonchev–Trinajstić information content (AvgIpc) is 2.99. The molecular weight excluding hydrogens is 230 g/mol. The summed E-state index contributed by atoms with van der Waals surface area (Å²) in [5.41, 5.74) is 5.78. The van der Waals surface area contributed by atoms with Gasteiger partial charge in [0.25, 0.3) is 0 Å². The molecular formula is C14H25NO3. The molecule has 1 spiro atoms. The van der Waals surface area contributed by atoms with Crippen molar-refractivity contribution in [3.63, 3.8) is 0 Å². The number of rotatable bonds is 3. The van der Waals surface area contributed by atoms with Crippen LogP contribution in [0.25, 0.3) is 0 Å². The van der Waals surface area contributed by atoms with Gasteiger partial charge in [-0.05, 0) is 31.7 Å². The minimum absolute atomic E-state index is 0.0419. The molecule has 1 aliphatic carbocycles. The molecule has 104 valence electrons. The minimum atomic E-state index is -0.0419. The van der Waals surface area contributed by atoms with Gasteiger partial charge in [-0.15, -0.1) is 0 Å². The van der Waals surface area contributed by atoms with Gasteiger partial charge < -0.3 is 19.9 Å². The molecule has 2 saturated heterocycles. The molecule has 4 atom stereocenters. The lowest BCUT2D eigenvalue weighted by molar-refractivity contribution is -0.151. The van der Waals surface area contributed by atoms with Crippen LogP contribution in [0, 0.1) is 5.92 Å². The second kappa shape index (κ2) is 5.45. The van der Waals surface area contributed by atoms with E-state index in [0.29, 0.717) is 18.1 Å². The highest BCUT2D eigenvalue weighted by atomic mass is 16.6. The minimum Gasteiger partial charge on any atom is -0.378 e. The third-order valence-corrected chi connectivity index (χ3v) is 4.77. The highest BCUT2D eigenvalue weighted by molar-refractivity contribution is 4.92. The van der Waals surface area contributed by atoms with Crippen LogP contribution in [0.3, 0.4) is 0 Å². The van der Waals surface area contributed by atoms with Crippen molar-refractivity contribution in [2.45, 2.75) is 56.3 Å². The fraction of sp³-hybridized carbons (Fsp3) is 1.00. The van der Waals surface area contributed by atoms with Crippen molar-refractivity contribution in [2.24, 2.45) is 11.7 Å². The molecule has 4 heteroatoms. The first kappa shape index (κ1) is 12.9. The van der Waals surface area contributed by atoms with Gasteiger partial charge in [0.15, 0.2) is 0 Å². The molecule has 0 aromatic heterocycles. The van der Waals surface area contributed by atoms with Crippen molar-refractivity contribution < 1.29 is 14.2 Å². The Hall–Kier alpha value is -0.160. The summed E-state index contributed by atoms with van der Waals surface area (Å²) in [6, 6.07) is 0. The lowest BCUT2D eigenvalue weighted by Gasteiger charge is -2.38.